The van der Waals surface area contributed by atoms with Gasteiger partial charge in [0, 0.05) is 26.2 Å². The molecule has 0 unspecified atom stereocenters. The first-order chi connectivity index (χ1) is 15.1. The van der Waals surface area contributed by atoms with Crippen molar-refractivity contribution in [1.29, 1.82) is 0 Å². The minimum Gasteiger partial charge on any atom is -0.444 e. The number of ether oxygens (including phenoxy) is 1. The van der Waals surface area contributed by atoms with E-state index in [0.717, 1.165) is 5.56 Å². The first-order valence-corrected chi connectivity index (χ1v) is 10.5. The molecule has 2 amide bonds. The van der Waals surface area contributed by atoms with Crippen molar-refractivity contribution in [2.45, 2.75) is 38.5 Å². The standard InChI is InChI=1S/C21H27ClN6O4/c1-21(2,3)32-20(31)28-8-13(10-29)26-17(9-28)12-5-15(27-18(22)6-12)14-7-16(19(30)23-4)25-11-24-14/h5-7,11,13,17,26,29H,8-10H2,1-4H3,(H,23,30)/t13-,17+/m1/s1. The Labute approximate surface area is 191 Å². The normalized spacial score (nSPS) is 18.9. The second-order valence-electron chi connectivity index (χ2n) is 8.46. The predicted molar refractivity (Wildman–Crippen MR) is 118 cm³/mol. The van der Waals surface area contributed by atoms with Crippen molar-refractivity contribution in [3.63, 3.8) is 0 Å². The summed E-state index contributed by atoms with van der Waals surface area (Å²) in [5.74, 6) is -0.344. The van der Waals surface area contributed by atoms with Crippen molar-refractivity contribution < 1.29 is 19.4 Å². The van der Waals surface area contributed by atoms with Crippen LogP contribution in [0.1, 0.15) is 42.9 Å². The van der Waals surface area contributed by atoms with Crippen molar-refractivity contribution >= 4 is 23.6 Å². The third kappa shape index (κ3) is 5.90. The number of aromatic nitrogens is 3. The molecule has 3 heterocycles. The molecule has 11 heteroatoms. The lowest BCUT2D eigenvalue weighted by Crippen LogP contribution is -2.56. The topological polar surface area (TPSA) is 130 Å². The summed E-state index contributed by atoms with van der Waals surface area (Å²) in [6, 6.07) is 4.34. The van der Waals surface area contributed by atoms with E-state index in [9.17, 15) is 14.7 Å². The highest BCUT2D eigenvalue weighted by Crippen LogP contribution is 2.27. The van der Waals surface area contributed by atoms with Gasteiger partial charge in [-0.1, -0.05) is 11.6 Å². The Morgan fingerprint density at radius 1 is 1.25 bits per heavy atom. The van der Waals surface area contributed by atoms with Gasteiger partial charge in [-0.2, -0.15) is 0 Å². The number of pyridine rings is 1. The molecule has 32 heavy (non-hydrogen) atoms. The number of hydrogen-bond acceptors (Lipinski definition) is 8. The van der Waals surface area contributed by atoms with E-state index in [1.54, 1.807) is 37.8 Å². The van der Waals surface area contributed by atoms with Gasteiger partial charge in [0.2, 0.25) is 0 Å². The van der Waals surface area contributed by atoms with Crippen LogP contribution in [0.25, 0.3) is 11.4 Å². The minimum absolute atomic E-state index is 0.150. The molecular formula is C21H27ClN6O4. The van der Waals surface area contributed by atoms with E-state index in [1.165, 1.54) is 19.4 Å². The van der Waals surface area contributed by atoms with Crippen LogP contribution in [0.2, 0.25) is 5.15 Å². The molecule has 1 aliphatic heterocycles. The molecular weight excluding hydrogens is 436 g/mol. The summed E-state index contributed by atoms with van der Waals surface area (Å²) in [6.45, 7) is 5.89. The van der Waals surface area contributed by atoms with Crippen molar-refractivity contribution in [3.05, 3.63) is 40.9 Å². The number of nitrogens with one attached hydrogen (secondary N) is 2. The fraction of sp³-hybridized carbons (Fsp3) is 0.476. The van der Waals surface area contributed by atoms with Crippen LogP contribution < -0.4 is 10.6 Å². The van der Waals surface area contributed by atoms with E-state index in [0.29, 0.717) is 24.5 Å². The van der Waals surface area contributed by atoms with E-state index in [4.69, 9.17) is 16.3 Å². The largest absolute Gasteiger partial charge is 0.444 e. The molecule has 10 nitrogen and oxygen atoms in total. The number of halogens is 1. The van der Waals surface area contributed by atoms with Crippen LogP contribution in [0.3, 0.4) is 0 Å². The Balaban J connectivity index is 1.91. The zero-order chi connectivity index (χ0) is 23.5. The van der Waals surface area contributed by atoms with Gasteiger partial charge in [-0.15, -0.1) is 0 Å². The van der Waals surface area contributed by atoms with Gasteiger partial charge in [-0.05, 0) is 44.5 Å². The van der Waals surface area contributed by atoms with Crippen molar-refractivity contribution in [1.82, 2.24) is 30.5 Å². The summed E-state index contributed by atoms with van der Waals surface area (Å²) in [5.41, 5.74) is 1.21. The fourth-order valence-electron chi connectivity index (χ4n) is 3.34. The molecule has 1 aliphatic rings. The summed E-state index contributed by atoms with van der Waals surface area (Å²) >= 11 is 6.29. The van der Waals surface area contributed by atoms with Gasteiger partial charge in [-0.3, -0.25) is 4.79 Å². The average molecular weight is 463 g/mol. The highest BCUT2D eigenvalue weighted by molar-refractivity contribution is 6.29. The maximum atomic E-state index is 12.6. The molecule has 2 atom stereocenters. The third-order valence-corrected chi connectivity index (χ3v) is 4.95. The second-order valence-corrected chi connectivity index (χ2v) is 8.85. The monoisotopic (exact) mass is 462 g/mol. The van der Waals surface area contributed by atoms with E-state index < -0.39 is 11.7 Å². The maximum Gasteiger partial charge on any atom is 0.410 e. The summed E-state index contributed by atoms with van der Waals surface area (Å²) in [7, 11) is 1.52. The van der Waals surface area contributed by atoms with E-state index in [-0.39, 0.29) is 35.4 Å². The lowest BCUT2D eigenvalue weighted by Gasteiger charge is -2.39. The highest BCUT2D eigenvalue weighted by Gasteiger charge is 2.33. The summed E-state index contributed by atoms with van der Waals surface area (Å²) in [6.07, 6.45) is 0.835. The molecule has 2 aromatic heterocycles. The summed E-state index contributed by atoms with van der Waals surface area (Å²) in [4.78, 5) is 38.6. The molecule has 2 aromatic rings. The van der Waals surface area contributed by atoms with Gasteiger partial charge in [0.05, 0.1) is 24.0 Å². The molecule has 1 saturated heterocycles. The lowest BCUT2D eigenvalue weighted by molar-refractivity contribution is 0.0123. The van der Waals surface area contributed by atoms with Crippen molar-refractivity contribution in [2.75, 3.05) is 26.7 Å². The molecule has 0 radical (unpaired) electrons. The van der Waals surface area contributed by atoms with Gasteiger partial charge in [0.25, 0.3) is 5.91 Å². The number of carbonyl (C=O) groups excluding carboxylic acids is 2. The van der Waals surface area contributed by atoms with Crippen molar-refractivity contribution in [3.8, 4) is 11.4 Å². The number of amides is 2. The molecule has 3 rings (SSSR count). The van der Waals surface area contributed by atoms with Crippen LogP contribution in [-0.4, -0.2) is 75.3 Å². The van der Waals surface area contributed by atoms with Gasteiger partial charge in [-0.25, -0.2) is 19.7 Å². The Morgan fingerprint density at radius 2 is 2.00 bits per heavy atom. The van der Waals surface area contributed by atoms with Gasteiger partial charge < -0.3 is 25.4 Å². The van der Waals surface area contributed by atoms with Crippen LogP contribution in [0.5, 0.6) is 0 Å². The Morgan fingerprint density at radius 3 is 2.66 bits per heavy atom. The van der Waals surface area contributed by atoms with Gasteiger partial charge >= 0.3 is 6.09 Å². The maximum absolute atomic E-state index is 12.6. The van der Waals surface area contributed by atoms with Gasteiger partial charge in [0.1, 0.15) is 22.8 Å². The fourth-order valence-corrected chi connectivity index (χ4v) is 3.55. The first-order valence-electron chi connectivity index (χ1n) is 10.2. The first kappa shape index (κ1) is 23.8. The lowest BCUT2D eigenvalue weighted by atomic mass is 10.0. The summed E-state index contributed by atoms with van der Waals surface area (Å²) < 4.78 is 5.50. The molecule has 0 bridgehead atoms. The number of carbonyl (C=O) groups is 2. The zero-order valence-electron chi connectivity index (χ0n) is 18.4. The molecule has 0 saturated carbocycles. The minimum atomic E-state index is -0.630. The van der Waals surface area contributed by atoms with Crippen molar-refractivity contribution in [2.24, 2.45) is 0 Å². The molecule has 0 aliphatic carbocycles. The third-order valence-electron chi connectivity index (χ3n) is 4.76. The molecule has 172 valence electrons. The SMILES string of the molecule is CNC(=O)c1cc(-c2cc([C@@H]3CN(C(=O)OC(C)(C)C)C[C@H](CO)N3)cc(Cl)n2)ncn1. The number of aliphatic hydroxyl groups is 1. The molecule has 0 aromatic carbocycles. The number of rotatable bonds is 4. The molecule has 0 spiro atoms. The molecule has 3 N–H and O–H groups in total. The van der Waals surface area contributed by atoms with Crippen LogP contribution in [0.15, 0.2) is 24.5 Å². The van der Waals surface area contributed by atoms with Crippen LogP contribution in [0, 0.1) is 0 Å². The zero-order valence-corrected chi connectivity index (χ0v) is 19.2. The number of piperazine rings is 1. The summed E-state index contributed by atoms with van der Waals surface area (Å²) in [5, 5.41) is 15.8. The van der Waals surface area contributed by atoms with Crippen LogP contribution in [-0.2, 0) is 4.74 Å². The predicted octanol–water partition coefficient (Wildman–Crippen LogP) is 1.79. The Kier molecular flexibility index (Phi) is 7.27. The Hall–Kier alpha value is -2.82. The number of aliphatic hydroxyl groups excluding tert-OH is 1. The molecule has 1 fully saturated rings. The van der Waals surface area contributed by atoms with E-state index >= 15 is 0 Å². The Bertz CT molecular complexity index is 996. The number of nitrogens with zero attached hydrogens (tertiary/aromatic N) is 4. The highest BCUT2D eigenvalue weighted by atomic mass is 35.5. The second kappa shape index (κ2) is 9.76. The quantitative estimate of drug-likeness (QED) is 0.586. The number of hydrogen-bond donors (Lipinski definition) is 3. The van der Waals surface area contributed by atoms with Crippen LogP contribution >= 0.6 is 11.6 Å². The van der Waals surface area contributed by atoms with E-state index in [1.807, 2.05) is 0 Å². The average Bonchev–Trinajstić information content (AvgIpc) is 2.76. The smallest absolute Gasteiger partial charge is 0.410 e. The van der Waals surface area contributed by atoms with E-state index in [2.05, 4.69) is 25.6 Å². The van der Waals surface area contributed by atoms with Gasteiger partial charge in [0.15, 0.2) is 0 Å². The van der Waals surface area contributed by atoms with Crippen LogP contribution in [0.4, 0.5) is 4.79 Å².